The number of likely N-dealkylation sites (tertiary alicyclic amines) is 1. The lowest BCUT2D eigenvalue weighted by molar-refractivity contribution is 0.105. The Morgan fingerprint density at radius 3 is 3.21 bits per heavy atom. The number of hydrogen-bond acceptors (Lipinski definition) is 3. The smallest absolute Gasteiger partial charge is 0.119 e. The van der Waals surface area contributed by atoms with Gasteiger partial charge in [-0.2, -0.15) is 0 Å². The standard InChI is InChI=1S/C16H24N2O/c1-2-18-10-4-3-5-14(18)12-19-15-6-7-16-13(11-15)8-9-17-16/h6-7,11,14,17H,2-5,8-10,12H2,1H3. The van der Waals surface area contributed by atoms with Crippen molar-refractivity contribution >= 4 is 5.69 Å². The lowest BCUT2D eigenvalue weighted by atomic mass is 10.0. The topological polar surface area (TPSA) is 24.5 Å². The van der Waals surface area contributed by atoms with Crippen molar-refractivity contribution in [1.29, 1.82) is 0 Å². The highest BCUT2D eigenvalue weighted by Crippen LogP contribution is 2.27. The Kier molecular flexibility index (Phi) is 3.92. The molecule has 3 heteroatoms. The van der Waals surface area contributed by atoms with Crippen LogP contribution in [0.5, 0.6) is 5.75 Å². The molecule has 0 aliphatic carbocycles. The maximum Gasteiger partial charge on any atom is 0.119 e. The first kappa shape index (κ1) is 12.8. The molecule has 0 radical (unpaired) electrons. The van der Waals surface area contributed by atoms with Gasteiger partial charge in [0.25, 0.3) is 0 Å². The van der Waals surface area contributed by atoms with Crippen LogP contribution >= 0.6 is 0 Å². The average molecular weight is 260 g/mol. The van der Waals surface area contributed by atoms with E-state index in [4.69, 9.17) is 4.74 Å². The van der Waals surface area contributed by atoms with Crippen LogP contribution in [0.15, 0.2) is 18.2 Å². The van der Waals surface area contributed by atoms with Crippen LogP contribution in [0.4, 0.5) is 5.69 Å². The minimum absolute atomic E-state index is 0.602. The molecule has 1 aromatic rings. The molecule has 2 aliphatic heterocycles. The fourth-order valence-electron chi connectivity index (χ4n) is 3.23. The molecule has 2 heterocycles. The van der Waals surface area contributed by atoms with Crippen LogP contribution in [-0.4, -0.2) is 37.2 Å². The summed E-state index contributed by atoms with van der Waals surface area (Å²) in [6.07, 6.45) is 5.09. The van der Waals surface area contributed by atoms with Crippen molar-refractivity contribution < 1.29 is 4.74 Å². The molecule has 0 aromatic heterocycles. The number of benzene rings is 1. The van der Waals surface area contributed by atoms with Gasteiger partial charge < -0.3 is 10.1 Å². The SMILES string of the molecule is CCN1CCCCC1COc1ccc2c(c1)CCN2. The third kappa shape index (κ3) is 2.86. The summed E-state index contributed by atoms with van der Waals surface area (Å²) in [6, 6.07) is 7.05. The maximum atomic E-state index is 6.03. The first-order valence-corrected chi connectivity index (χ1v) is 7.60. The molecule has 2 aliphatic rings. The Hall–Kier alpha value is -1.22. The quantitative estimate of drug-likeness (QED) is 0.901. The van der Waals surface area contributed by atoms with Crippen molar-refractivity contribution in [2.75, 3.05) is 31.6 Å². The second kappa shape index (κ2) is 5.83. The molecule has 19 heavy (non-hydrogen) atoms. The van der Waals surface area contributed by atoms with Crippen LogP contribution in [-0.2, 0) is 6.42 Å². The van der Waals surface area contributed by atoms with Gasteiger partial charge in [-0.25, -0.2) is 0 Å². The van der Waals surface area contributed by atoms with Gasteiger partial charge in [0, 0.05) is 18.3 Å². The number of fused-ring (bicyclic) bond motifs is 1. The molecule has 104 valence electrons. The van der Waals surface area contributed by atoms with Crippen molar-refractivity contribution in [3.63, 3.8) is 0 Å². The van der Waals surface area contributed by atoms with E-state index >= 15 is 0 Å². The van der Waals surface area contributed by atoms with Gasteiger partial charge in [0.1, 0.15) is 12.4 Å². The van der Waals surface area contributed by atoms with Gasteiger partial charge in [-0.3, -0.25) is 4.90 Å². The zero-order valence-electron chi connectivity index (χ0n) is 11.8. The Labute approximate surface area is 115 Å². The van der Waals surface area contributed by atoms with Crippen molar-refractivity contribution in [3.8, 4) is 5.75 Å². The monoisotopic (exact) mass is 260 g/mol. The van der Waals surface area contributed by atoms with E-state index in [-0.39, 0.29) is 0 Å². The molecular formula is C16H24N2O. The Morgan fingerprint density at radius 2 is 2.32 bits per heavy atom. The van der Waals surface area contributed by atoms with Crippen LogP contribution in [0.2, 0.25) is 0 Å². The van der Waals surface area contributed by atoms with E-state index in [1.165, 1.54) is 37.1 Å². The van der Waals surface area contributed by atoms with Crippen molar-refractivity contribution in [3.05, 3.63) is 23.8 Å². The van der Waals surface area contributed by atoms with E-state index in [1.54, 1.807) is 0 Å². The first-order valence-electron chi connectivity index (χ1n) is 7.60. The second-order valence-electron chi connectivity index (χ2n) is 5.58. The zero-order chi connectivity index (χ0) is 13.1. The van der Waals surface area contributed by atoms with Crippen molar-refractivity contribution in [2.45, 2.75) is 38.6 Å². The largest absolute Gasteiger partial charge is 0.492 e. The number of piperidine rings is 1. The van der Waals surface area contributed by atoms with Gasteiger partial charge >= 0.3 is 0 Å². The van der Waals surface area contributed by atoms with E-state index in [2.05, 4.69) is 35.3 Å². The van der Waals surface area contributed by atoms with E-state index in [9.17, 15) is 0 Å². The number of hydrogen-bond donors (Lipinski definition) is 1. The molecule has 1 N–H and O–H groups in total. The Balaban J connectivity index is 1.59. The summed E-state index contributed by atoms with van der Waals surface area (Å²) >= 11 is 0. The predicted molar refractivity (Wildman–Crippen MR) is 79.0 cm³/mol. The summed E-state index contributed by atoms with van der Waals surface area (Å²) in [4.78, 5) is 2.55. The molecular weight excluding hydrogens is 236 g/mol. The number of anilines is 1. The molecule has 3 nitrogen and oxygen atoms in total. The lowest BCUT2D eigenvalue weighted by Gasteiger charge is -2.34. The van der Waals surface area contributed by atoms with Crippen LogP contribution < -0.4 is 10.1 Å². The number of nitrogens with zero attached hydrogens (tertiary/aromatic N) is 1. The van der Waals surface area contributed by atoms with E-state index in [0.717, 1.165) is 31.9 Å². The lowest BCUT2D eigenvalue weighted by Crippen LogP contribution is -2.42. The van der Waals surface area contributed by atoms with E-state index in [0.29, 0.717) is 6.04 Å². The average Bonchev–Trinajstić information content (AvgIpc) is 2.93. The third-order valence-electron chi connectivity index (χ3n) is 4.38. The van der Waals surface area contributed by atoms with Gasteiger partial charge in [0.2, 0.25) is 0 Å². The molecule has 1 fully saturated rings. The van der Waals surface area contributed by atoms with Gasteiger partial charge in [-0.05, 0) is 56.1 Å². The number of rotatable bonds is 4. The van der Waals surface area contributed by atoms with Crippen LogP contribution in [0.1, 0.15) is 31.7 Å². The molecule has 0 spiro atoms. The van der Waals surface area contributed by atoms with Crippen molar-refractivity contribution in [1.82, 2.24) is 4.90 Å². The maximum absolute atomic E-state index is 6.03. The number of ether oxygens (including phenoxy) is 1. The summed E-state index contributed by atoms with van der Waals surface area (Å²) < 4.78 is 6.03. The molecule has 3 rings (SSSR count). The predicted octanol–water partition coefficient (Wildman–Crippen LogP) is 2.91. The van der Waals surface area contributed by atoms with Crippen LogP contribution in [0.25, 0.3) is 0 Å². The highest BCUT2D eigenvalue weighted by Gasteiger charge is 2.21. The summed E-state index contributed by atoms with van der Waals surface area (Å²) in [6.45, 7) is 6.52. The normalized spacial score (nSPS) is 22.9. The van der Waals surface area contributed by atoms with E-state index < -0.39 is 0 Å². The van der Waals surface area contributed by atoms with Gasteiger partial charge in [-0.15, -0.1) is 0 Å². The summed E-state index contributed by atoms with van der Waals surface area (Å²) in [7, 11) is 0. The third-order valence-corrected chi connectivity index (χ3v) is 4.38. The Morgan fingerprint density at radius 1 is 1.37 bits per heavy atom. The highest BCUT2D eigenvalue weighted by molar-refractivity contribution is 5.57. The van der Waals surface area contributed by atoms with Crippen LogP contribution in [0.3, 0.4) is 0 Å². The van der Waals surface area contributed by atoms with Gasteiger partial charge in [-0.1, -0.05) is 13.3 Å². The van der Waals surface area contributed by atoms with Crippen molar-refractivity contribution in [2.24, 2.45) is 0 Å². The molecule has 0 saturated carbocycles. The van der Waals surface area contributed by atoms with Crippen LogP contribution in [0, 0.1) is 0 Å². The Bertz CT molecular complexity index is 433. The fourth-order valence-corrected chi connectivity index (χ4v) is 3.23. The zero-order valence-corrected chi connectivity index (χ0v) is 11.8. The number of nitrogens with one attached hydrogen (secondary N) is 1. The molecule has 0 amide bonds. The van der Waals surface area contributed by atoms with Gasteiger partial charge in [0.15, 0.2) is 0 Å². The molecule has 1 saturated heterocycles. The molecule has 1 aromatic carbocycles. The second-order valence-corrected chi connectivity index (χ2v) is 5.58. The molecule has 0 bridgehead atoms. The highest BCUT2D eigenvalue weighted by atomic mass is 16.5. The minimum Gasteiger partial charge on any atom is -0.492 e. The summed E-state index contributed by atoms with van der Waals surface area (Å²) in [5.41, 5.74) is 2.67. The number of likely N-dealkylation sites (N-methyl/N-ethyl adjacent to an activating group) is 1. The summed E-state index contributed by atoms with van der Waals surface area (Å²) in [5, 5.41) is 3.39. The fraction of sp³-hybridized carbons (Fsp3) is 0.625. The first-order chi connectivity index (χ1) is 9.36. The van der Waals surface area contributed by atoms with E-state index in [1.807, 2.05) is 0 Å². The van der Waals surface area contributed by atoms with Gasteiger partial charge in [0.05, 0.1) is 0 Å². The molecule has 1 unspecified atom stereocenters. The minimum atomic E-state index is 0.602. The summed E-state index contributed by atoms with van der Waals surface area (Å²) in [5.74, 6) is 1.03. The molecule has 1 atom stereocenters.